The van der Waals surface area contributed by atoms with Gasteiger partial charge in [-0.2, -0.15) is 4.91 Å². The van der Waals surface area contributed by atoms with Gasteiger partial charge < -0.3 is 0 Å². The number of hydrogen-bond donors (Lipinski definition) is 0. The van der Waals surface area contributed by atoms with Crippen molar-refractivity contribution in [3.8, 4) is 0 Å². The van der Waals surface area contributed by atoms with Crippen molar-refractivity contribution in [2.45, 2.75) is 91.9 Å². The van der Waals surface area contributed by atoms with E-state index < -0.39 is 0 Å². The second-order valence-corrected chi connectivity index (χ2v) is 6.97. The topological polar surface area (TPSA) is 29.4 Å². The number of nitroso groups, excluding NO2 is 1. The third kappa shape index (κ3) is 12.4. The molecular weight excluding hydrogens is 234 g/mol. The van der Waals surface area contributed by atoms with Crippen molar-refractivity contribution in [1.29, 1.82) is 0 Å². The van der Waals surface area contributed by atoms with E-state index in [2.05, 4.69) is 32.9 Å². The molecule has 0 aliphatic carbocycles. The summed E-state index contributed by atoms with van der Waals surface area (Å²) in [4.78, 5) is 10.1. The Kier molecular flexibility index (Phi) is 11.2. The summed E-state index contributed by atoms with van der Waals surface area (Å²) in [6.07, 6.45) is 13.0. The summed E-state index contributed by atoms with van der Waals surface area (Å²) >= 11 is 0. The summed E-state index contributed by atoms with van der Waals surface area (Å²) in [5.41, 5.74) is 0.376. The second kappa shape index (κ2) is 11.4. The molecule has 0 aliphatic rings. The predicted octanol–water partition coefficient (Wildman–Crippen LogP) is 6.34. The minimum Gasteiger partial charge on any atom is -0.151 e. The van der Waals surface area contributed by atoms with Gasteiger partial charge in [-0.05, 0) is 30.6 Å². The van der Waals surface area contributed by atoms with Crippen LogP contribution in [0.25, 0.3) is 0 Å². The third-order valence-electron chi connectivity index (χ3n) is 4.22. The first-order valence-electron chi connectivity index (χ1n) is 8.31. The minimum atomic E-state index is 0.376. The average molecular weight is 269 g/mol. The summed E-state index contributed by atoms with van der Waals surface area (Å²) in [5.74, 6) is 0.852. The fourth-order valence-corrected chi connectivity index (χ4v) is 2.62. The van der Waals surface area contributed by atoms with Gasteiger partial charge in [0.25, 0.3) is 0 Å². The zero-order valence-corrected chi connectivity index (χ0v) is 13.7. The molecule has 114 valence electrons. The van der Waals surface area contributed by atoms with Crippen LogP contribution in [0.3, 0.4) is 0 Å². The Hall–Kier alpha value is -0.400. The molecule has 0 radical (unpaired) electrons. The molecule has 0 heterocycles. The summed E-state index contributed by atoms with van der Waals surface area (Å²) in [5, 5.41) is 2.95. The maximum atomic E-state index is 10.1. The van der Waals surface area contributed by atoms with Crippen LogP contribution < -0.4 is 0 Å². The molecule has 0 aromatic rings. The Morgan fingerprint density at radius 2 is 1.63 bits per heavy atom. The van der Waals surface area contributed by atoms with Gasteiger partial charge in [-0.3, -0.25) is 0 Å². The molecular formula is C17H35NO. The Labute approximate surface area is 120 Å². The van der Waals surface area contributed by atoms with E-state index in [9.17, 15) is 4.91 Å². The fraction of sp³-hybridized carbons (Fsp3) is 1.00. The summed E-state index contributed by atoms with van der Waals surface area (Å²) < 4.78 is 0. The van der Waals surface area contributed by atoms with Gasteiger partial charge in [-0.25, -0.2) is 0 Å². The van der Waals surface area contributed by atoms with Gasteiger partial charge in [0.1, 0.15) is 0 Å². The Morgan fingerprint density at radius 3 is 2.26 bits per heavy atom. The van der Waals surface area contributed by atoms with Gasteiger partial charge in [0.2, 0.25) is 0 Å². The normalized spacial score (nSPS) is 13.5. The quantitative estimate of drug-likeness (QED) is 0.283. The van der Waals surface area contributed by atoms with Crippen LogP contribution in [-0.2, 0) is 0 Å². The van der Waals surface area contributed by atoms with Gasteiger partial charge in [0.15, 0.2) is 0 Å². The molecule has 0 saturated heterocycles. The molecule has 0 aromatic carbocycles. The Morgan fingerprint density at radius 1 is 0.947 bits per heavy atom. The molecule has 0 amide bonds. The van der Waals surface area contributed by atoms with Crippen molar-refractivity contribution >= 4 is 0 Å². The summed E-state index contributed by atoms with van der Waals surface area (Å²) in [6, 6.07) is 0. The zero-order valence-electron chi connectivity index (χ0n) is 13.7. The maximum absolute atomic E-state index is 10.1. The monoisotopic (exact) mass is 269 g/mol. The first kappa shape index (κ1) is 18.6. The average Bonchev–Trinajstić information content (AvgIpc) is 2.36. The van der Waals surface area contributed by atoms with E-state index in [1.807, 2.05) is 0 Å². The predicted molar refractivity (Wildman–Crippen MR) is 85.5 cm³/mol. The highest BCUT2D eigenvalue weighted by Gasteiger charge is 2.18. The molecule has 0 rings (SSSR count). The standard InChI is InChI=1S/C17H35NO/c1-5-6-7-8-9-11-16(2)12-14-17(3,4)13-10-15-18-19/h16H,5-15H2,1-4H3. The van der Waals surface area contributed by atoms with Crippen molar-refractivity contribution in [3.63, 3.8) is 0 Å². The molecule has 0 aromatic heterocycles. The molecule has 0 spiro atoms. The van der Waals surface area contributed by atoms with Crippen LogP contribution in [-0.4, -0.2) is 6.54 Å². The molecule has 0 aliphatic heterocycles. The molecule has 19 heavy (non-hydrogen) atoms. The second-order valence-electron chi connectivity index (χ2n) is 6.97. The van der Waals surface area contributed by atoms with Crippen molar-refractivity contribution in [1.82, 2.24) is 0 Å². The van der Waals surface area contributed by atoms with E-state index >= 15 is 0 Å². The molecule has 0 bridgehead atoms. The van der Waals surface area contributed by atoms with Crippen LogP contribution in [0, 0.1) is 16.2 Å². The highest BCUT2D eigenvalue weighted by Crippen LogP contribution is 2.31. The van der Waals surface area contributed by atoms with Crippen LogP contribution in [0.1, 0.15) is 91.9 Å². The number of unbranched alkanes of at least 4 members (excludes halogenated alkanes) is 4. The Balaban J connectivity index is 3.58. The largest absolute Gasteiger partial charge is 0.151 e. The molecule has 0 saturated carbocycles. The minimum absolute atomic E-state index is 0.376. The van der Waals surface area contributed by atoms with E-state index in [0.717, 1.165) is 18.8 Å². The molecule has 0 fully saturated rings. The van der Waals surface area contributed by atoms with Crippen LogP contribution in [0.15, 0.2) is 5.18 Å². The highest BCUT2D eigenvalue weighted by molar-refractivity contribution is 4.70. The number of rotatable bonds is 13. The molecule has 1 unspecified atom stereocenters. The lowest BCUT2D eigenvalue weighted by Crippen LogP contribution is -2.13. The van der Waals surface area contributed by atoms with Crippen LogP contribution in [0.2, 0.25) is 0 Å². The van der Waals surface area contributed by atoms with Crippen molar-refractivity contribution in [3.05, 3.63) is 4.91 Å². The molecule has 2 heteroatoms. The fourth-order valence-electron chi connectivity index (χ4n) is 2.62. The van der Waals surface area contributed by atoms with Gasteiger partial charge in [0.05, 0.1) is 6.54 Å². The van der Waals surface area contributed by atoms with Crippen LogP contribution >= 0.6 is 0 Å². The van der Waals surface area contributed by atoms with E-state index in [1.54, 1.807) is 0 Å². The van der Waals surface area contributed by atoms with E-state index in [4.69, 9.17) is 0 Å². The van der Waals surface area contributed by atoms with E-state index in [-0.39, 0.29) is 0 Å². The Bertz CT molecular complexity index is 213. The molecule has 0 N–H and O–H groups in total. The zero-order chi connectivity index (χ0) is 14.6. The van der Waals surface area contributed by atoms with E-state index in [0.29, 0.717) is 12.0 Å². The van der Waals surface area contributed by atoms with Crippen molar-refractivity contribution in [2.75, 3.05) is 6.54 Å². The van der Waals surface area contributed by atoms with Crippen molar-refractivity contribution in [2.24, 2.45) is 16.5 Å². The highest BCUT2D eigenvalue weighted by atomic mass is 16.3. The molecule has 2 nitrogen and oxygen atoms in total. The lowest BCUT2D eigenvalue weighted by molar-refractivity contribution is 0.266. The molecule has 1 atom stereocenters. The van der Waals surface area contributed by atoms with Crippen LogP contribution in [0.4, 0.5) is 0 Å². The smallest absolute Gasteiger partial charge is 0.0811 e. The van der Waals surface area contributed by atoms with Crippen LogP contribution in [0.5, 0.6) is 0 Å². The summed E-state index contributed by atoms with van der Waals surface area (Å²) in [6.45, 7) is 9.79. The number of hydrogen-bond acceptors (Lipinski definition) is 2. The van der Waals surface area contributed by atoms with E-state index in [1.165, 1.54) is 51.4 Å². The van der Waals surface area contributed by atoms with Gasteiger partial charge in [0, 0.05) is 0 Å². The summed E-state index contributed by atoms with van der Waals surface area (Å²) in [7, 11) is 0. The lowest BCUT2D eigenvalue weighted by atomic mass is 9.80. The maximum Gasteiger partial charge on any atom is 0.0811 e. The number of nitrogens with zero attached hydrogens (tertiary/aromatic N) is 1. The van der Waals surface area contributed by atoms with Gasteiger partial charge in [-0.1, -0.05) is 77.8 Å². The van der Waals surface area contributed by atoms with Gasteiger partial charge >= 0.3 is 0 Å². The lowest BCUT2D eigenvalue weighted by Gasteiger charge is -2.26. The first-order valence-corrected chi connectivity index (χ1v) is 8.31. The van der Waals surface area contributed by atoms with Gasteiger partial charge in [-0.15, -0.1) is 0 Å². The first-order chi connectivity index (χ1) is 9.02. The van der Waals surface area contributed by atoms with Crippen molar-refractivity contribution < 1.29 is 0 Å². The third-order valence-corrected chi connectivity index (χ3v) is 4.22. The SMILES string of the molecule is CCCCCCCC(C)CCC(C)(C)CCCN=O.